The van der Waals surface area contributed by atoms with Crippen LogP contribution in [-0.4, -0.2) is 6.71 Å². The van der Waals surface area contributed by atoms with Gasteiger partial charge in [-0.05, 0) is 178 Å². The number of para-hydroxylation sites is 2. The Morgan fingerprint density at radius 3 is 0.841 bits per heavy atom. The zero-order chi connectivity index (χ0) is 72.6. The van der Waals surface area contributed by atoms with Gasteiger partial charge in [-0.1, -0.05) is 317 Å². The van der Waals surface area contributed by atoms with Crippen molar-refractivity contribution in [2.45, 2.75) is 78.6 Å². The molecule has 0 N–H and O–H groups in total. The highest BCUT2D eigenvalue weighted by atomic mass is 16.3. The summed E-state index contributed by atoms with van der Waals surface area (Å²) in [6.07, 6.45) is 0. The molecule has 2 aliphatic heterocycles. The molecule has 17 aromatic rings. The molecule has 5 heteroatoms. The molecule has 4 heterocycles. The van der Waals surface area contributed by atoms with Crippen LogP contribution in [0.3, 0.4) is 0 Å². The van der Waals surface area contributed by atoms with Crippen LogP contribution < -0.4 is 26.2 Å². The lowest BCUT2D eigenvalue weighted by Crippen LogP contribution is -2.61. The molecular weight excluding hydrogens is 1300 g/mol. The van der Waals surface area contributed by atoms with Crippen LogP contribution in [0.15, 0.2) is 336 Å². The normalized spacial score (nSPS) is 12.9. The summed E-state index contributed by atoms with van der Waals surface area (Å²) in [6.45, 7) is 20.9. The fourth-order valence-electron chi connectivity index (χ4n) is 17.1. The third kappa shape index (κ3) is 11.0. The third-order valence-electron chi connectivity index (χ3n) is 22.5. The van der Waals surface area contributed by atoms with Crippen molar-refractivity contribution < 1.29 is 8.83 Å². The minimum Gasteiger partial charge on any atom is -0.455 e. The Kier molecular flexibility index (Phi) is 15.4. The van der Waals surface area contributed by atoms with Crippen molar-refractivity contribution in [2.75, 3.05) is 9.80 Å². The van der Waals surface area contributed by atoms with Crippen LogP contribution in [0.4, 0.5) is 34.1 Å². The first-order valence-electron chi connectivity index (χ1n) is 37.7. The Hall–Kier alpha value is -12.4. The van der Waals surface area contributed by atoms with Gasteiger partial charge in [0, 0.05) is 77.7 Å². The standard InChI is InChI=1S/C102H81BN2O2/c1-100(2,3)72-58-81(66-36-20-12-21-37-66)96(82(59-72)67-38-22-13-23-39-67)104-87-54-48-70(77-52-50-75(64-32-16-10-17-33-64)93-79-44-28-30-46-91(79)106-98(77)93)56-85(87)103-86-57-71(78-53-51-76(65-34-18-11-19-35-65)94-80-45-29-31-47-92(80)107-99(78)94)49-55-88(86)105(90-63-74(102(7,8)9)62-89(104)95(90)103)97-83(68-40-24-14-25-41-68)60-73(101(4,5)6)61-84(97)69-42-26-15-27-43-69/h10-63H,1-9H3. The minimum atomic E-state index is -0.348. The van der Waals surface area contributed by atoms with Gasteiger partial charge in [0.25, 0.3) is 6.71 Å². The molecule has 15 aromatic carbocycles. The van der Waals surface area contributed by atoms with E-state index in [0.29, 0.717) is 0 Å². The van der Waals surface area contributed by atoms with Gasteiger partial charge in [0.15, 0.2) is 0 Å². The van der Waals surface area contributed by atoms with Gasteiger partial charge in [0.1, 0.15) is 22.3 Å². The summed E-state index contributed by atoms with van der Waals surface area (Å²) in [5.74, 6) is 0. The summed E-state index contributed by atoms with van der Waals surface area (Å²) in [6, 6.07) is 122. The first-order valence-corrected chi connectivity index (χ1v) is 37.7. The monoisotopic (exact) mass is 1380 g/mol. The summed E-state index contributed by atoms with van der Waals surface area (Å²) in [5.41, 5.74) is 34.6. The summed E-state index contributed by atoms with van der Waals surface area (Å²) in [7, 11) is 0. The van der Waals surface area contributed by atoms with E-state index in [1.165, 1.54) is 33.1 Å². The van der Waals surface area contributed by atoms with Gasteiger partial charge in [-0.2, -0.15) is 0 Å². The Bertz CT molecular complexity index is 5850. The van der Waals surface area contributed by atoms with Crippen molar-refractivity contribution in [3.63, 3.8) is 0 Å². The average Bonchev–Trinajstić information content (AvgIpc) is 1.30. The van der Waals surface area contributed by atoms with Gasteiger partial charge < -0.3 is 18.6 Å². The number of hydrogen-bond donors (Lipinski definition) is 0. The van der Waals surface area contributed by atoms with Crippen LogP contribution in [-0.2, 0) is 16.2 Å². The Labute approximate surface area is 627 Å². The SMILES string of the molecule is CC(C)(C)c1cc(-c2ccccc2)c(N2c3ccc(-c4ccc(-c5ccccc5)c5c4oc4ccccc45)cc3B3c4cc(-c5ccc(-c6ccccc6)c6c5oc5ccccc56)ccc4N(c4c(-c5ccccc5)cc(C(C)(C)C)cc4-c4ccccc4)c4cc(C(C)(C)C)cc2c43)c(-c2ccccc2)c1. The van der Waals surface area contributed by atoms with Crippen LogP contribution >= 0.6 is 0 Å². The molecule has 0 spiro atoms. The van der Waals surface area contributed by atoms with Gasteiger partial charge in [-0.15, -0.1) is 0 Å². The lowest BCUT2D eigenvalue weighted by Gasteiger charge is -2.47. The number of nitrogens with zero attached hydrogens (tertiary/aromatic N) is 2. The molecule has 0 saturated carbocycles. The van der Waals surface area contributed by atoms with Crippen LogP contribution in [0, 0.1) is 0 Å². The lowest BCUT2D eigenvalue weighted by molar-refractivity contribution is 0.590. The maximum atomic E-state index is 7.26. The highest BCUT2D eigenvalue weighted by molar-refractivity contribution is 7.00. The van der Waals surface area contributed by atoms with Crippen molar-refractivity contribution in [3.8, 4) is 89.0 Å². The topological polar surface area (TPSA) is 32.8 Å². The van der Waals surface area contributed by atoms with Gasteiger partial charge in [0.2, 0.25) is 0 Å². The molecule has 107 heavy (non-hydrogen) atoms. The van der Waals surface area contributed by atoms with Gasteiger partial charge in [0.05, 0.1) is 11.4 Å². The molecular formula is C102H81BN2O2. The van der Waals surface area contributed by atoms with E-state index >= 15 is 0 Å². The molecule has 0 aliphatic carbocycles. The predicted octanol–water partition coefficient (Wildman–Crippen LogP) is 26.8. The molecule has 2 aliphatic rings. The van der Waals surface area contributed by atoms with Crippen LogP contribution in [0.1, 0.15) is 79.0 Å². The van der Waals surface area contributed by atoms with E-state index < -0.39 is 0 Å². The summed E-state index contributed by atoms with van der Waals surface area (Å²) in [5, 5.41) is 4.38. The second kappa shape index (κ2) is 25.1. The van der Waals surface area contributed by atoms with E-state index in [2.05, 4.69) is 400 Å². The largest absolute Gasteiger partial charge is 0.455 e. The Balaban J connectivity index is 0.994. The van der Waals surface area contributed by atoms with Crippen LogP contribution in [0.5, 0.6) is 0 Å². The van der Waals surface area contributed by atoms with Gasteiger partial charge in [-0.3, -0.25) is 0 Å². The first-order chi connectivity index (χ1) is 52.0. The van der Waals surface area contributed by atoms with E-state index in [9.17, 15) is 0 Å². The molecule has 0 saturated heterocycles. The molecule has 0 bridgehead atoms. The molecule has 0 fully saturated rings. The summed E-state index contributed by atoms with van der Waals surface area (Å²) in [4.78, 5) is 5.39. The smallest absolute Gasteiger partial charge is 0.252 e. The molecule has 0 unspecified atom stereocenters. The number of hydrogen-bond acceptors (Lipinski definition) is 4. The van der Waals surface area contributed by atoms with Crippen LogP contribution in [0.25, 0.3) is 133 Å². The van der Waals surface area contributed by atoms with Crippen molar-refractivity contribution in [1.29, 1.82) is 0 Å². The first kappa shape index (κ1) is 65.3. The fraction of sp³-hybridized carbons (Fsp3) is 0.118. The molecule has 19 rings (SSSR count). The van der Waals surface area contributed by atoms with Crippen LogP contribution in [0.2, 0.25) is 0 Å². The van der Waals surface area contributed by atoms with Crippen molar-refractivity contribution in [3.05, 3.63) is 344 Å². The molecule has 2 aromatic heterocycles. The highest BCUT2D eigenvalue weighted by Crippen LogP contribution is 2.56. The second-order valence-corrected chi connectivity index (χ2v) is 32.3. The number of anilines is 6. The summed E-state index contributed by atoms with van der Waals surface area (Å²) < 4.78 is 14.5. The van der Waals surface area contributed by atoms with Crippen molar-refractivity contribution in [2.24, 2.45) is 0 Å². The van der Waals surface area contributed by atoms with E-state index in [0.717, 1.165) is 167 Å². The Morgan fingerprint density at radius 2 is 0.523 bits per heavy atom. The Morgan fingerprint density at radius 1 is 0.243 bits per heavy atom. The number of benzene rings is 15. The molecule has 4 nitrogen and oxygen atoms in total. The van der Waals surface area contributed by atoms with Crippen molar-refractivity contribution >= 4 is 101 Å². The molecule has 0 radical (unpaired) electrons. The number of rotatable bonds is 10. The minimum absolute atomic E-state index is 0.206. The predicted molar refractivity (Wildman–Crippen MR) is 455 cm³/mol. The maximum absolute atomic E-state index is 7.26. The molecule has 0 amide bonds. The third-order valence-corrected chi connectivity index (χ3v) is 22.5. The number of fused-ring (bicyclic) bond motifs is 10. The lowest BCUT2D eigenvalue weighted by atomic mass is 9.33. The molecule has 0 atom stereocenters. The zero-order valence-corrected chi connectivity index (χ0v) is 62.0. The van der Waals surface area contributed by atoms with Crippen molar-refractivity contribution in [1.82, 2.24) is 0 Å². The van der Waals surface area contributed by atoms with E-state index in [4.69, 9.17) is 8.83 Å². The van der Waals surface area contributed by atoms with Gasteiger partial charge in [-0.25, -0.2) is 0 Å². The van der Waals surface area contributed by atoms with Gasteiger partial charge >= 0.3 is 0 Å². The molecule has 514 valence electrons. The van der Waals surface area contributed by atoms with E-state index in [1.807, 2.05) is 0 Å². The van der Waals surface area contributed by atoms with E-state index in [-0.39, 0.29) is 23.0 Å². The zero-order valence-electron chi connectivity index (χ0n) is 62.0. The van der Waals surface area contributed by atoms with E-state index in [1.54, 1.807) is 0 Å². The fourth-order valence-corrected chi connectivity index (χ4v) is 17.1. The quantitative estimate of drug-likeness (QED) is 0.128. The highest BCUT2D eigenvalue weighted by Gasteiger charge is 2.47. The average molecular weight is 1380 g/mol. The number of furan rings is 2. The summed E-state index contributed by atoms with van der Waals surface area (Å²) >= 11 is 0. The second-order valence-electron chi connectivity index (χ2n) is 32.3. The maximum Gasteiger partial charge on any atom is 0.252 e.